The van der Waals surface area contributed by atoms with Crippen molar-refractivity contribution < 1.29 is 4.79 Å². The lowest BCUT2D eigenvalue weighted by Crippen LogP contribution is -2.04. The molecule has 0 amide bonds. The summed E-state index contributed by atoms with van der Waals surface area (Å²) in [7, 11) is 1.68. The van der Waals surface area contributed by atoms with E-state index in [0.29, 0.717) is 6.42 Å². The number of hydrogen-bond donors (Lipinski definition) is 0. The smallest absolute Gasteiger partial charge is 0.164 e. The fraction of sp³-hybridized carbons (Fsp3) is 0.600. The number of carbonyl (C=O) groups is 1. The van der Waals surface area contributed by atoms with Crippen molar-refractivity contribution in [1.82, 2.24) is 0 Å². The molecule has 12 heavy (non-hydrogen) atoms. The monoisotopic (exact) mass is 167 g/mol. The van der Waals surface area contributed by atoms with Crippen LogP contribution in [0.15, 0.2) is 16.1 Å². The number of Topliss-reactive ketones (excluding diaryl/α,β-unsaturated/α-hetero) is 1. The minimum absolute atomic E-state index is 0.197. The van der Waals surface area contributed by atoms with Gasteiger partial charge in [0, 0.05) is 25.3 Å². The van der Waals surface area contributed by atoms with E-state index >= 15 is 0 Å². The highest BCUT2D eigenvalue weighted by molar-refractivity contribution is 6.13. The highest BCUT2D eigenvalue weighted by atomic mass is 16.1. The molecule has 0 spiro atoms. The molecule has 0 heterocycles. The van der Waals surface area contributed by atoms with Gasteiger partial charge in [-0.1, -0.05) is 12.5 Å². The van der Waals surface area contributed by atoms with Gasteiger partial charge in [-0.15, -0.1) is 0 Å². The summed E-state index contributed by atoms with van der Waals surface area (Å²) in [5.74, 6) is 0.197. The molecule has 68 valence electrons. The molecule has 0 aliphatic heterocycles. The van der Waals surface area contributed by atoms with Crippen LogP contribution in [-0.2, 0) is 4.79 Å². The molecular formula is C10H17NO. The fourth-order valence-electron chi connectivity index (χ4n) is 0.971. The number of nitrogens with zero attached hydrogens (tertiary/aromatic N) is 1. The molecule has 0 radical (unpaired) electrons. The Morgan fingerprint density at radius 3 is 2.33 bits per heavy atom. The van der Waals surface area contributed by atoms with E-state index in [1.165, 1.54) is 0 Å². The molecule has 0 fully saturated rings. The molecule has 0 aliphatic rings. The lowest BCUT2D eigenvalue weighted by Gasteiger charge is -2.01. The molecule has 2 heteroatoms. The standard InChI is InChI=1S/C10H17NO/c1-5-6-10(12)9(7-11-4)8(2)3/h7H,5-6H2,1-4H3. The Morgan fingerprint density at radius 2 is 2.00 bits per heavy atom. The number of carbonyl (C=O) groups excluding carboxylic acids is 1. The quantitative estimate of drug-likeness (QED) is 0.467. The normalized spacial score (nSPS) is 10.3. The molecule has 0 aromatic rings. The SMILES string of the molecule is CCCC(=O)C(C=NC)=C(C)C. The summed E-state index contributed by atoms with van der Waals surface area (Å²) >= 11 is 0. The maximum atomic E-state index is 11.4. The zero-order valence-electron chi connectivity index (χ0n) is 8.35. The summed E-state index contributed by atoms with van der Waals surface area (Å²) < 4.78 is 0. The Kier molecular flexibility index (Phi) is 5.26. The number of rotatable bonds is 4. The molecule has 0 atom stereocenters. The van der Waals surface area contributed by atoms with Crippen LogP contribution >= 0.6 is 0 Å². The summed E-state index contributed by atoms with van der Waals surface area (Å²) in [5, 5.41) is 0. The molecule has 0 saturated carbocycles. The summed E-state index contributed by atoms with van der Waals surface area (Å²) in [6.07, 6.45) is 3.16. The van der Waals surface area contributed by atoms with Gasteiger partial charge in [-0.25, -0.2) is 0 Å². The van der Waals surface area contributed by atoms with Crippen LogP contribution in [0.4, 0.5) is 0 Å². The van der Waals surface area contributed by atoms with Crippen LogP contribution < -0.4 is 0 Å². The summed E-state index contributed by atoms with van der Waals surface area (Å²) in [6.45, 7) is 5.87. The van der Waals surface area contributed by atoms with Crippen molar-refractivity contribution in [2.24, 2.45) is 4.99 Å². The van der Waals surface area contributed by atoms with Gasteiger partial charge in [-0.05, 0) is 20.3 Å². The first-order chi connectivity index (χ1) is 5.63. The van der Waals surface area contributed by atoms with Crippen LogP contribution in [0.5, 0.6) is 0 Å². The fourth-order valence-corrected chi connectivity index (χ4v) is 0.971. The van der Waals surface area contributed by atoms with E-state index in [1.54, 1.807) is 13.3 Å². The Morgan fingerprint density at radius 1 is 1.42 bits per heavy atom. The van der Waals surface area contributed by atoms with Gasteiger partial charge in [0.05, 0.1) is 0 Å². The number of aliphatic imine (C=N–C) groups is 1. The second-order valence-electron chi connectivity index (χ2n) is 2.97. The Labute approximate surface area is 74.4 Å². The summed E-state index contributed by atoms with van der Waals surface area (Å²) in [4.78, 5) is 15.3. The van der Waals surface area contributed by atoms with Gasteiger partial charge in [0.1, 0.15) is 0 Å². The minimum Gasteiger partial charge on any atom is -0.296 e. The van der Waals surface area contributed by atoms with Gasteiger partial charge < -0.3 is 0 Å². The minimum atomic E-state index is 0.197. The molecule has 0 aromatic heterocycles. The third kappa shape index (κ3) is 3.46. The van der Waals surface area contributed by atoms with Gasteiger partial charge in [-0.2, -0.15) is 0 Å². The first kappa shape index (κ1) is 11.1. The second-order valence-corrected chi connectivity index (χ2v) is 2.97. The van der Waals surface area contributed by atoms with Crippen molar-refractivity contribution in [1.29, 1.82) is 0 Å². The van der Waals surface area contributed by atoms with E-state index in [2.05, 4.69) is 4.99 Å². The van der Waals surface area contributed by atoms with Crippen LogP contribution in [0.3, 0.4) is 0 Å². The maximum Gasteiger partial charge on any atom is 0.164 e. The second kappa shape index (κ2) is 5.70. The Bertz CT molecular complexity index is 210. The van der Waals surface area contributed by atoms with Crippen LogP contribution in [0.2, 0.25) is 0 Å². The molecular weight excluding hydrogens is 150 g/mol. The number of allylic oxidation sites excluding steroid dienone is 2. The average molecular weight is 167 g/mol. The van der Waals surface area contributed by atoms with E-state index < -0.39 is 0 Å². The van der Waals surface area contributed by atoms with Crippen molar-refractivity contribution in [3.8, 4) is 0 Å². The largest absolute Gasteiger partial charge is 0.296 e. The van der Waals surface area contributed by atoms with E-state index in [4.69, 9.17) is 0 Å². The average Bonchev–Trinajstić information content (AvgIpc) is 1.99. The Hall–Kier alpha value is -0.920. The molecule has 0 N–H and O–H groups in total. The zero-order valence-corrected chi connectivity index (χ0v) is 8.35. The van der Waals surface area contributed by atoms with E-state index in [0.717, 1.165) is 17.6 Å². The molecule has 0 aliphatic carbocycles. The van der Waals surface area contributed by atoms with Gasteiger partial charge >= 0.3 is 0 Å². The zero-order chi connectivity index (χ0) is 9.56. The molecule has 0 rings (SSSR count). The predicted octanol–water partition coefficient (Wildman–Crippen LogP) is 2.39. The van der Waals surface area contributed by atoms with Crippen molar-refractivity contribution in [2.45, 2.75) is 33.6 Å². The van der Waals surface area contributed by atoms with Gasteiger partial charge in [-0.3, -0.25) is 9.79 Å². The van der Waals surface area contributed by atoms with Crippen molar-refractivity contribution in [2.75, 3.05) is 7.05 Å². The highest BCUT2D eigenvalue weighted by Gasteiger charge is 2.06. The van der Waals surface area contributed by atoms with E-state index in [-0.39, 0.29) is 5.78 Å². The summed E-state index contributed by atoms with van der Waals surface area (Å²) in [5.41, 5.74) is 1.80. The lowest BCUT2D eigenvalue weighted by molar-refractivity contribution is -0.115. The topological polar surface area (TPSA) is 29.4 Å². The third-order valence-corrected chi connectivity index (χ3v) is 1.57. The van der Waals surface area contributed by atoms with Crippen molar-refractivity contribution in [3.05, 3.63) is 11.1 Å². The van der Waals surface area contributed by atoms with Crippen LogP contribution in [-0.4, -0.2) is 19.0 Å². The first-order valence-electron chi connectivity index (χ1n) is 4.26. The highest BCUT2D eigenvalue weighted by Crippen LogP contribution is 2.06. The Balaban J connectivity index is 4.54. The molecule has 0 unspecified atom stereocenters. The van der Waals surface area contributed by atoms with Gasteiger partial charge in [0.25, 0.3) is 0 Å². The maximum absolute atomic E-state index is 11.4. The molecule has 0 aromatic carbocycles. The van der Waals surface area contributed by atoms with Crippen LogP contribution in [0, 0.1) is 0 Å². The summed E-state index contributed by atoms with van der Waals surface area (Å²) in [6, 6.07) is 0. The molecule has 2 nitrogen and oxygen atoms in total. The number of hydrogen-bond acceptors (Lipinski definition) is 2. The van der Waals surface area contributed by atoms with E-state index in [1.807, 2.05) is 20.8 Å². The van der Waals surface area contributed by atoms with Gasteiger partial charge in [0.2, 0.25) is 0 Å². The van der Waals surface area contributed by atoms with Crippen molar-refractivity contribution in [3.63, 3.8) is 0 Å². The molecule has 0 bridgehead atoms. The van der Waals surface area contributed by atoms with Gasteiger partial charge in [0.15, 0.2) is 5.78 Å². The predicted molar refractivity (Wildman–Crippen MR) is 52.7 cm³/mol. The first-order valence-corrected chi connectivity index (χ1v) is 4.26. The van der Waals surface area contributed by atoms with Crippen molar-refractivity contribution >= 4 is 12.0 Å². The third-order valence-electron chi connectivity index (χ3n) is 1.57. The van der Waals surface area contributed by atoms with E-state index in [9.17, 15) is 4.79 Å². The molecule has 0 saturated heterocycles. The lowest BCUT2D eigenvalue weighted by atomic mass is 10.0. The van der Waals surface area contributed by atoms with Crippen LogP contribution in [0.25, 0.3) is 0 Å². The number of ketones is 1. The van der Waals surface area contributed by atoms with Crippen LogP contribution in [0.1, 0.15) is 33.6 Å².